The fourth-order valence-electron chi connectivity index (χ4n) is 0.305. The molecule has 0 aliphatic heterocycles. The molecule has 1 amide bonds. The summed E-state index contributed by atoms with van der Waals surface area (Å²) in [6.45, 7) is 7.34. The van der Waals surface area contributed by atoms with Crippen LogP contribution in [0.5, 0.6) is 0 Å². The molecule has 0 radical (unpaired) electrons. The van der Waals surface area contributed by atoms with E-state index >= 15 is 0 Å². The van der Waals surface area contributed by atoms with Crippen molar-refractivity contribution in [1.29, 1.82) is 0 Å². The highest BCUT2D eigenvalue weighted by Crippen LogP contribution is 1.85. The highest BCUT2D eigenvalue weighted by atomic mass is 16.1. The lowest BCUT2D eigenvalue weighted by atomic mass is 10.3. The molecule has 0 aliphatic rings. The first kappa shape index (κ1) is 13.2. The summed E-state index contributed by atoms with van der Waals surface area (Å²) in [5.41, 5.74) is 0.281. The number of amides is 1. The largest absolute Gasteiger partial charge is 0.356 e. The van der Waals surface area contributed by atoms with Crippen molar-refractivity contribution in [3.8, 4) is 0 Å². The molecule has 0 heterocycles. The molecule has 0 saturated heterocycles. The second kappa shape index (κ2) is 9.62. The number of likely N-dealkylation sites (N-methyl/N-ethyl adjacent to an activating group) is 1. The van der Waals surface area contributed by atoms with Gasteiger partial charge in [-0.25, -0.2) is 0 Å². The lowest BCUT2D eigenvalue weighted by molar-refractivity contribution is -0.116. The van der Waals surface area contributed by atoms with Crippen LogP contribution in [-0.2, 0) is 9.59 Å². The van der Waals surface area contributed by atoms with Gasteiger partial charge >= 0.3 is 0 Å². The van der Waals surface area contributed by atoms with Gasteiger partial charge in [-0.15, -0.1) is 0 Å². The average molecular weight is 169 g/mol. The van der Waals surface area contributed by atoms with E-state index in [4.69, 9.17) is 0 Å². The van der Waals surface area contributed by atoms with E-state index in [1.807, 2.05) is 13.8 Å². The van der Waals surface area contributed by atoms with Crippen molar-refractivity contribution in [2.45, 2.75) is 13.8 Å². The number of nitrogens with one attached hydrogen (secondary N) is 1. The van der Waals surface area contributed by atoms with Gasteiger partial charge in [0.1, 0.15) is 6.29 Å². The van der Waals surface area contributed by atoms with Crippen LogP contribution >= 0.6 is 0 Å². The molecule has 0 bridgehead atoms. The summed E-state index contributed by atoms with van der Waals surface area (Å²) < 4.78 is 0. The Bertz CT molecular complexity index is 183. The Morgan fingerprint density at radius 2 is 1.83 bits per heavy atom. The van der Waals surface area contributed by atoms with Gasteiger partial charge in [0.25, 0.3) is 0 Å². The second-order valence-electron chi connectivity index (χ2n) is 1.64. The molecule has 3 nitrogen and oxygen atoms in total. The number of carbonyl (C=O) groups is 2. The molecular weight excluding hydrogens is 154 g/mol. The first-order valence-electron chi connectivity index (χ1n) is 3.74. The van der Waals surface area contributed by atoms with Crippen LogP contribution in [-0.4, -0.2) is 19.2 Å². The predicted octanol–water partition coefficient (Wildman–Crippen LogP) is 1.07. The Kier molecular flexibility index (Phi) is 10.6. The standard InChI is InChI=1S/C7H9NO2.C2H6/c1-6(5-9)3-4-7(10)8-2;1-2/h3-5H,1H2,2H3,(H,8,10);1-2H3/b4-3-;. The quantitative estimate of drug-likeness (QED) is 0.390. The second-order valence-corrected chi connectivity index (χ2v) is 1.64. The lowest BCUT2D eigenvalue weighted by Gasteiger charge is -1.87. The zero-order valence-corrected chi connectivity index (χ0v) is 7.76. The number of allylic oxidation sites excluding steroid dienone is 2. The number of aldehydes is 1. The zero-order valence-electron chi connectivity index (χ0n) is 7.76. The van der Waals surface area contributed by atoms with Gasteiger partial charge in [0.2, 0.25) is 5.91 Å². The van der Waals surface area contributed by atoms with Crippen molar-refractivity contribution in [2.24, 2.45) is 0 Å². The summed E-state index contributed by atoms with van der Waals surface area (Å²) in [6, 6.07) is 0. The molecule has 0 atom stereocenters. The Morgan fingerprint density at radius 3 is 2.17 bits per heavy atom. The van der Waals surface area contributed by atoms with Crippen LogP contribution in [0.2, 0.25) is 0 Å². The maximum Gasteiger partial charge on any atom is 0.243 e. The fourth-order valence-corrected chi connectivity index (χ4v) is 0.305. The average Bonchev–Trinajstić information content (AvgIpc) is 2.16. The molecule has 0 rings (SSSR count). The van der Waals surface area contributed by atoms with E-state index in [0.717, 1.165) is 0 Å². The van der Waals surface area contributed by atoms with Crippen LogP contribution in [0, 0.1) is 0 Å². The van der Waals surface area contributed by atoms with E-state index < -0.39 is 0 Å². The summed E-state index contributed by atoms with van der Waals surface area (Å²) in [4.78, 5) is 20.4. The van der Waals surface area contributed by atoms with E-state index in [0.29, 0.717) is 6.29 Å². The third kappa shape index (κ3) is 8.62. The number of hydrogen-bond donors (Lipinski definition) is 1. The Hall–Kier alpha value is -1.38. The van der Waals surface area contributed by atoms with Crippen LogP contribution in [0.15, 0.2) is 24.3 Å². The SMILES string of the molecule is C=C(C=O)/C=C\C(=O)NC.CC. The Labute approximate surface area is 73.2 Å². The zero-order chi connectivity index (χ0) is 9.98. The Morgan fingerprint density at radius 1 is 1.33 bits per heavy atom. The van der Waals surface area contributed by atoms with Gasteiger partial charge in [-0.2, -0.15) is 0 Å². The molecule has 3 heteroatoms. The van der Waals surface area contributed by atoms with Gasteiger partial charge in [0.15, 0.2) is 0 Å². The number of rotatable bonds is 3. The molecule has 0 aromatic rings. The summed E-state index contributed by atoms with van der Waals surface area (Å²) in [7, 11) is 1.51. The van der Waals surface area contributed by atoms with Crippen molar-refractivity contribution in [3.05, 3.63) is 24.3 Å². The minimum atomic E-state index is -0.247. The maximum absolute atomic E-state index is 10.5. The van der Waals surface area contributed by atoms with Gasteiger partial charge in [0.05, 0.1) is 0 Å². The van der Waals surface area contributed by atoms with Gasteiger partial charge in [0, 0.05) is 18.7 Å². The van der Waals surface area contributed by atoms with Gasteiger partial charge < -0.3 is 5.32 Å². The summed E-state index contributed by atoms with van der Waals surface area (Å²) in [6.07, 6.45) is 3.18. The highest BCUT2D eigenvalue weighted by molar-refractivity contribution is 5.89. The van der Waals surface area contributed by atoms with E-state index in [1.165, 1.54) is 19.2 Å². The van der Waals surface area contributed by atoms with E-state index in [9.17, 15) is 9.59 Å². The van der Waals surface area contributed by atoms with Crippen molar-refractivity contribution >= 4 is 12.2 Å². The van der Waals surface area contributed by atoms with Crippen LogP contribution in [0.4, 0.5) is 0 Å². The minimum Gasteiger partial charge on any atom is -0.356 e. The molecule has 0 unspecified atom stereocenters. The van der Waals surface area contributed by atoms with Crippen LogP contribution < -0.4 is 5.32 Å². The normalized spacial score (nSPS) is 8.25. The van der Waals surface area contributed by atoms with Gasteiger partial charge in [-0.05, 0) is 6.08 Å². The molecule has 0 saturated carbocycles. The topological polar surface area (TPSA) is 46.2 Å². The van der Waals surface area contributed by atoms with Crippen molar-refractivity contribution < 1.29 is 9.59 Å². The molecule has 0 aliphatic carbocycles. The molecule has 0 spiro atoms. The molecule has 1 N–H and O–H groups in total. The van der Waals surface area contributed by atoms with Crippen LogP contribution in [0.25, 0.3) is 0 Å². The van der Waals surface area contributed by atoms with Gasteiger partial charge in [-0.3, -0.25) is 9.59 Å². The smallest absolute Gasteiger partial charge is 0.243 e. The van der Waals surface area contributed by atoms with E-state index in [1.54, 1.807) is 0 Å². The lowest BCUT2D eigenvalue weighted by Crippen LogP contribution is -2.14. The van der Waals surface area contributed by atoms with E-state index in [-0.39, 0.29) is 11.5 Å². The summed E-state index contributed by atoms with van der Waals surface area (Å²) >= 11 is 0. The molecule has 12 heavy (non-hydrogen) atoms. The number of carbonyl (C=O) groups excluding carboxylic acids is 2. The van der Waals surface area contributed by atoms with Crippen LogP contribution in [0.1, 0.15) is 13.8 Å². The Balaban J connectivity index is 0. The fraction of sp³-hybridized carbons (Fsp3) is 0.333. The molecule has 0 fully saturated rings. The molecule has 0 aromatic heterocycles. The summed E-state index contributed by atoms with van der Waals surface area (Å²) in [5, 5.41) is 2.36. The monoisotopic (exact) mass is 169 g/mol. The number of hydrogen-bond acceptors (Lipinski definition) is 2. The first-order valence-corrected chi connectivity index (χ1v) is 3.74. The first-order chi connectivity index (χ1) is 5.70. The minimum absolute atomic E-state index is 0.247. The molecule has 0 aromatic carbocycles. The highest BCUT2D eigenvalue weighted by Gasteiger charge is 1.87. The maximum atomic E-state index is 10.5. The van der Waals surface area contributed by atoms with E-state index in [2.05, 4.69) is 11.9 Å². The predicted molar refractivity (Wildman–Crippen MR) is 49.8 cm³/mol. The summed E-state index contributed by atoms with van der Waals surface area (Å²) in [5.74, 6) is -0.247. The third-order valence-corrected chi connectivity index (χ3v) is 0.847. The molecule has 68 valence electrons. The molecular formula is C9H15NO2. The van der Waals surface area contributed by atoms with Gasteiger partial charge in [-0.1, -0.05) is 20.4 Å². The van der Waals surface area contributed by atoms with Crippen molar-refractivity contribution in [2.75, 3.05) is 7.05 Å². The third-order valence-electron chi connectivity index (χ3n) is 0.847. The van der Waals surface area contributed by atoms with Crippen molar-refractivity contribution in [1.82, 2.24) is 5.32 Å². The van der Waals surface area contributed by atoms with Crippen LogP contribution in [0.3, 0.4) is 0 Å². The van der Waals surface area contributed by atoms with Crippen molar-refractivity contribution in [3.63, 3.8) is 0 Å².